The molecule has 1 aliphatic rings. The van der Waals surface area contributed by atoms with Crippen molar-refractivity contribution in [3.05, 3.63) is 23.3 Å². The number of carboxylic acids is 1. The second kappa shape index (κ2) is 7.55. The third-order valence-corrected chi connectivity index (χ3v) is 4.22. The standard InChI is InChI=1S/C17H25BN2O6/c1-11-13(18(24)25)9-12(15(21)22)10-14(11)19-5-7-20(8-6-19)16(23)26-17(2,3)4/h9-10,24-25H,5-8H2,1-4H3,(H,21,22). The molecule has 3 N–H and O–H groups in total. The van der Waals surface area contributed by atoms with Crippen LogP contribution in [0.5, 0.6) is 0 Å². The molecule has 1 saturated heterocycles. The summed E-state index contributed by atoms with van der Waals surface area (Å²) in [5.74, 6) is -1.14. The van der Waals surface area contributed by atoms with Crippen molar-refractivity contribution in [2.75, 3.05) is 31.1 Å². The molecule has 0 atom stereocenters. The van der Waals surface area contributed by atoms with Crippen LogP contribution in [0.1, 0.15) is 36.7 Å². The first-order chi connectivity index (χ1) is 12.0. The Morgan fingerprint density at radius 3 is 2.15 bits per heavy atom. The van der Waals surface area contributed by atoms with Gasteiger partial charge in [0, 0.05) is 31.9 Å². The molecule has 1 aromatic rings. The molecule has 1 heterocycles. The Morgan fingerprint density at radius 2 is 1.69 bits per heavy atom. The van der Waals surface area contributed by atoms with Crippen molar-refractivity contribution in [3.8, 4) is 0 Å². The third-order valence-electron chi connectivity index (χ3n) is 4.22. The fourth-order valence-electron chi connectivity index (χ4n) is 2.90. The molecule has 0 radical (unpaired) electrons. The number of nitrogens with zero attached hydrogens (tertiary/aromatic N) is 2. The zero-order valence-electron chi connectivity index (χ0n) is 15.5. The molecular weight excluding hydrogens is 339 g/mol. The Hall–Kier alpha value is -2.26. The minimum absolute atomic E-state index is 0.0109. The molecule has 1 amide bonds. The van der Waals surface area contributed by atoms with Gasteiger partial charge in [-0.2, -0.15) is 0 Å². The average Bonchev–Trinajstić information content (AvgIpc) is 2.53. The minimum atomic E-state index is -1.75. The topological polar surface area (TPSA) is 111 Å². The maximum absolute atomic E-state index is 12.2. The molecule has 0 aromatic heterocycles. The zero-order valence-corrected chi connectivity index (χ0v) is 15.5. The number of hydrogen-bond donors (Lipinski definition) is 3. The van der Waals surface area contributed by atoms with Crippen molar-refractivity contribution in [1.29, 1.82) is 0 Å². The van der Waals surface area contributed by atoms with Crippen molar-refractivity contribution < 1.29 is 29.5 Å². The van der Waals surface area contributed by atoms with E-state index in [0.29, 0.717) is 37.4 Å². The second-order valence-corrected chi connectivity index (χ2v) is 7.34. The average molecular weight is 364 g/mol. The van der Waals surface area contributed by atoms with Crippen LogP contribution < -0.4 is 10.4 Å². The molecule has 8 nitrogen and oxygen atoms in total. The van der Waals surface area contributed by atoms with E-state index in [9.17, 15) is 24.7 Å². The van der Waals surface area contributed by atoms with Gasteiger partial charge in [-0.3, -0.25) is 0 Å². The van der Waals surface area contributed by atoms with Gasteiger partial charge >= 0.3 is 19.2 Å². The quantitative estimate of drug-likeness (QED) is 0.667. The minimum Gasteiger partial charge on any atom is -0.478 e. The molecule has 26 heavy (non-hydrogen) atoms. The highest BCUT2D eigenvalue weighted by molar-refractivity contribution is 6.59. The summed E-state index contributed by atoms with van der Waals surface area (Å²) in [4.78, 5) is 27.0. The molecule has 1 fully saturated rings. The van der Waals surface area contributed by atoms with Gasteiger partial charge in [-0.05, 0) is 50.9 Å². The summed E-state index contributed by atoms with van der Waals surface area (Å²) < 4.78 is 5.37. The highest BCUT2D eigenvalue weighted by atomic mass is 16.6. The number of rotatable bonds is 3. The van der Waals surface area contributed by atoms with Crippen LogP contribution in [-0.2, 0) is 4.74 Å². The molecular formula is C17H25BN2O6. The lowest BCUT2D eigenvalue weighted by Gasteiger charge is -2.37. The first kappa shape index (κ1) is 20.1. The van der Waals surface area contributed by atoms with Gasteiger partial charge in [0.2, 0.25) is 0 Å². The summed E-state index contributed by atoms with van der Waals surface area (Å²) in [7, 11) is -1.75. The molecule has 0 spiro atoms. The summed E-state index contributed by atoms with van der Waals surface area (Å²) in [6, 6.07) is 2.79. The van der Waals surface area contributed by atoms with E-state index in [1.807, 2.05) is 25.7 Å². The first-order valence-electron chi connectivity index (χ1n) is 8.46. The Balaban J connectivity index is 2.18. The maximum atomic E-state index is 12.2. The molecule has 1 aliphatic heterocycles. The van der Waals surface area contributed by atoms with E-state index in [4.69, 9.17) is 4.74 Å². The first-order valence-corrected chi connectivity index (χ1v) is 8.46. The summed E-state index contributed by atoms with van der Waals surface area (Å²) in [5.41, 5.74) is 0.817. The van der Waals surface area contributed by atoms with E-state index in [1.54, 1.807) is 11.8 Å². The van der Waals surface area contributed by atoms with Crippen LogP contribution in [0.2, 0.25) is 0 Å². The predicted molar refractivity (Wildman–Crippen MR) is 98.0 cm³/mol. The number of carboxylic acid groups (broad SMARTS) is 1. The molecule has 9 heteroatoms. The van der Waals surface area contributed by atoms with E-state index < -0.39 is 18.7 Å². The van der Waals surface area contributed by atoms with Gasteiger partial charge in [-0.15, -0.1) is 0 Å². The number of benzene rings is 1. The SMILES string of the molecule is Cc1c(B(O)O)cc(C(=O)O)cc1N1CCN(C(=O)OC(C)(C)C)CC1. The van der Waals surface area contributed by atoms with Gasteiger partial charge in [0.1, 0.15) is 5.60 Å². The number of carbonyl (C=O) groups excluding carboxylic acids is 1. The fraction of sp³-hybridized carbons (Fsp3) is 0.529. The van der Waals surface area contributed by atoms with Crippen LogP contribution in [0, 0.1) is 6.92 Å². The summed E-state index contributed by atoms with van der Waals surface area (Å²) in [6.07, 6.45) is -0.375. The molecule has 0 saturated carbocycles. The van der Waals surface area contributed by atoms with E-state index in [2.05, 4.69) is 0 Å². The normalized spacial score (nSPS) is 15.0. The molecule has 0 bridgehead atoms. The van der Waals surface area contributed by atoms with Crippen molar-refractivity contribution in [3.63, 3.8) is 0 Å². The van der Waals surface area contributed by atoms with E-state index in [1.165, 1.54) is 12.1 Å². The van der Waals surface area contributed by atoms with E-state index >= 15 is 0 Å². The monoisotopic (exact) mass is 364 g/mol. The number of ether oxygens (including phenoxy) is 1. The Kier molecular flexibility index (Phi) is 5.82. The van der Waals surface area contributed by atoms with Crippen LogP contribution >= 0.6 is 0 Å². The molecule has 2 rings (SSSR count). The zero-order chi connectivity index (χ0) is 19.6. The number of aromatic carboxylic acids is 1. The lowest BCUT2D eigenvalue weighted by atomic mass is 9.76. The van der Waals surface area contributed by atoms with E-state index in [-0.39, 0.29) is 17.1 Å². The van der Waals surface area contributed by atoms with Crippen LogP contribution in [0.15, 0.2) is 12.1 Å². The van der Waals surface area contributed by atoms with Crippen molar-refractivity contribution in [1.82, 2.24) is 4.90 Å². The van der Waals surface area contributed by atoms with Gasteiger partial charge in [0.05, 0.1) is 5.56 Å². The summed E-state index contributed by atoms with van der Waals surface area (Å²) in [6.45, 7) is 8.99. The van der Waals surface area contributed by atoms with Crippen LogP contribution in [0.3, 0.4) is 0 Å². The highest BCUT2D eigenvalue weighted by Crippen LogP contribution is 2.23. The maximum Gasteiger partial charge on any atom is 0.488 e. The number of amides is 1. The second-order valence-electron chi connectivity index (χ2n) is 7.34. The fourth-order valence-corrected chi connectivity index (χ4v) is 2.90. The number of piperazine rings is 1. The van der Waals surface area contributed by atoms with Crippen LogP contribution in [-0.4, -0.2) is 71.0 Å². The van der Waals surface area contributed by atoms with Crippen LogP contribution in [0.25, 0.3) is 0 Å². The predicted octanol–water partition coefficient (Wildman–Crippen LogP) is 0.430. The number of carbonyl (C=O) groups is 2. The summed E-state index contributed by atoms with van der Waals surface area (Å²) in [5, 5.41) is 28.3. The Bertz CT molecular complexity index is 693. The summed E-state index contributed by atoms with van der Waals surface area (Å²) >= 11 is 0. The van der Waals surface area contributed by atoms with Crippen LogP contribution in [0.4, 0.5) is 10.5 Å². The lowest BCUT2D eigenvalue weighted by molar-refractivity contribution is 0.0240. The lowest BCUT2D eigenvalue weighted by Crippen LogP contribution is -2.50. The molecule has 1 aromatic carbocycles. The van der Waals surface area contributed by atoms with E-state index in [0.717, 1.165) is 0 Å². The Labute approximate surface area is 153 Å². The molecule has 0 unspecified atom stereocenters. The largest absolute Gasteiger partial charge is 0.488 e. The Morgan fingerprint density at radius 1 is 1.12 bits per heavy atom. The third kappa shape index (κ3) is 4.67. The van der Waals surface area contributed by atoms with Gasteiger partial charge in [0.25, 0.3) is 0 Å². The van der Waals surface area contributed by atoms with Crippen molar-refractivity contribution >= 4 is 30.3 Å². The molecule has 0 aliphatic carbocycles. The highest BCUT2D eigenvalue weighted by Gasteiger charge is 2.28. The van der Waals surface area contributed by atoms with Gasteiger partial charge in [-0.25, -0.2) is 9.59 Å². The van der Waals surface area contributed by atoms with Gasteiger partial charge in [0.15, 0.2) is 0 Å². The van der Waals surface area contributed by atoms with Gasteiger partial charge in [-0.1, -0.05) is 0 Å². The van der Waals surface area contributed by atoms with Crippen molar-refractivity contribution in [2.24, 2.45) is 0 Å². The number of hydrogen-bond acceptors (Lipinski definition) is 6. The smallest absolute Gasteiger partial charge is 0.478 e. The molecule has 142 valence electrons. The van der Waals surface area contributed by atoms with Crippen molar-refractivity contribution in [2.45, 2.75) is 33.3 Å². The number of anilines is 1. The van der Waals surface area contributed by atoms with Gasteiger partial charge < -0.3 is 29.7 Å².